The highest BCUT2D eigenvalue weighted by Gasteiger charge is 2.08. The molecule has 1 aromatic carbocycles. The quantitative estimate of drug-likeness (QED) is 0.454. The molecule has 0 aliphatic carbocycles. The molecule has 90 valence electrons. The van der Waals surface area contributed by atoms with E-state index in [2.05, 4.69) is 9.37 Å². The van der Waals surface area contributed by atoms with Gasteiger partial charge in [-0.15, -0.1) is 4.33 Å². The van der Waals surface area contributed by atoms with Crippen LogP contribution >= 0.6 is 12.0 Å². The average molecular weight is 245 g/mol. The number of nitrogens with two attached hydrogens (primary N) is 1. The number of rotatable bonds is 6. The van der Waals surface area contributed by atoms with Crippen molar-refractivity contribution >= 4 is 12.0 Å². The number of hydrogen-bond donors (Lipinski definition) is 2. The van der Waals surface area contributed by atoms with Gasteiger partial charge in [0.25, 0.3) is 0 Å². The number of hydrogen-bond acceptors (Lipinski definition) is 6. The molecule has 0 saturated heterocycles. The van der Waals surface area contributed by atoms with Crippen LogP contribution in [0.25, 0.3) is 0 Å². The lowest BCUT2D eigenvalue weighted by molar-refractivity contribution is -0.432. The molecule has 1 aromatic rings. The van der Waals surface area contributed by atoms with E-state index < -0.39 is 0 Å². The lowest BCUT2D eigenvalue weighted by Gasteiger charge is -2.10. The Kier molecular flexibility index (Phi) is 5.58. The van der Waals surface area contributed by atoms with Crippen LogP contribution in [0.5, 0.6) is 5.75 Å². The van der Waals surface area contributed by atoms with Crippen LogP contribution in [0.4, 0.5) is 0 Å². The molecule has 0 aliphatic rings. The van der Waals surface area contributed by atoms with Crippen molar-refractivity contribution in [3.05, 3.63) is 23.8 Å². The van der Waals surface area contributed by atoms with Gasteiger partial charge < -0.3 is 10.5 Å². The third-order valence-corrected chi connectivity index (χ3v) is 2.57. The Morgan fingerprint density at radius 1 is 1.50 bits per heavy atom. The maximum Gasteiger partial charge on any atom is 0.134 e. The Morgan fingerprint density at radius 2 is 2.25 bits per heavy atom. The molecule has 0 fully saturated rings. The molecule has 1 rings (SSSR count). The maximum absolute atomic E-state index is 8.10. The third kappa shape index (κ3) is 3.99. The fourth-order valence-electron chi connectivity index (χ4n) is 1.34. The second-order valence-electron chi connectivity index (χ2n) is 3.39. The van der Waals surface area contributed by atoms with Crippen LogP contribution in [-0.2, 0) is 15.8 Å². The van der Waals surface area contributed by atoms with Crippen molar-refractivity contribution in [3.63, 3.8) is 0 Å². The van der Waals surface area contributed by atoms with Gasteiger partial charge in [-0.3, -0.25) is 0 Å². The van der Waals surface area contributed by atoms with Gasteiger partial charge in [0.2, 0.25) is 0 Å². The number of ether oxygens (including phenoxy) is 1. The lowest BCUT2D eigenvalue weighted by Crippen LogP contribution is -2.17. The zero-order chi connectivity index (χ0) is 12.0. The van der Waals surface area contributed by atoms with Crippen molar-refractivity contribution in [3.8, 4) is 5.75 Å². The average Bonchev–Trinajstić information content (AvgIpc) is 2.25. The summed E-state index contributed by atoms with van der Waals surface area (Å²) in [5.41, 5.74) is 6.78. The van der Waals surface area contributed by atoms with E-state index in [0.717, 1.165) is 28.9 Å². The molecule has 0 aliphatic heterocycles. The molecule has 5 nitrogen and oxygen atoms in total. The lowest BCUT2D eigenvalue weighted by atomic mass is 10.1. The van der Waals surface area contributed by atoms with E-state index in [0.29, 0.717) is 5.75 Å². The van der Waals surface area contributed by atoms with Crippen molar-refractivity contribution in [1.29, 1.82) is 0 Å². The zero-order valence-electron chi connectivity index (χ0n) is 9.17. The number of benzene rings is 1. The van der Waals surface area contributed by atoms with Gasteiger partial charge in [-0.1, -0.05) is 11.1 Å². The first-order valence-electron chi connectivity index (χ1n) is 4.74. The summed E-state index contributed by atoms with van der Waals surface area (Å²) in [4.78, 5) is 0.717. The Bertz CT molecular complexity index is 333. The van der Waals surface area contributed by atoms with Gasteiger partial charge in [-0.05, 0) is 31.0 Å². The second kappa shape index (κ2) is 6.72. The highest BCUT2D eigenvalue weighted by Crippen LogP contribution is 2.31. The molecule has 6 heteroatoms. The largest absolute Gasteiger partial charge is 0.495 e. The van der Waals surface area contributed by atoms with Crippen molar-refractivity contribution in [2.45, 2.75) is 24.3 Å². The van der Waals surface area contributed by atoms with Crippen LogP contribution in [0.15, 0.2) is 23.1 Å². The molecule has 0 radical (unpaired) electrons. The van der Waals surface area contributed by atoms with E-state index in [9.17, 15) is 0 Å². The number of methoxy groups -OCH3 is 1. The summed E-state index contributed by atoms with van der Waals surface area (Å²) in [6.07, 6.45) is 0.761. The Morgan fingerprint density at radius 3 is 2.81 bits per heavy atom. The van der Waals surface area contributed by atoms with E-state index >= 15 is 0 Å². The first kappa shape index (κ1) is 13.3. The van der Waals surface area contributed by atoms with E-state index in [1.807, 2.05) is 25.1 Å². The molecule has 0 bridgehead atoms. The molecule has 1 atom stereocenters. The topological polar surface area (TPSA) is 73.9 Å². The third-order valence-electron chi connectivity index (χ3n) is 1.94. The van der Waals surface area contributed by atoms with Crippen molar-refractivity contribution < 1.29 is 19.4 Å². The summed E-state index contributed by atoms with van der Waals surface area (Å²) in [6, 6.07) is 5.72. The van der Waals surface area contributed by atoms with E-state index in [1.165, 1.54) is 0 Å². The molecule has 0 aromatic heterocycles. The van der Waals surface area contributed by atoms with E-state index in [-0.39, 0.29) is 6.04 Å². The van der Waals surface area contributed by atoms with Crippen LogP contribution in [0, 0.1) is 0 Å². The fraction of sp³-hybridized carbons (Fsp3) is 0.400. The van der Waals surface area contributed by atoms with Crippen LogP contribution < -0.4 is 10.5 Å². The van der Waals surface area contributed by atoms with Crippen LogP contribution in [0.1, 0.15) is 12.5 Å². The normalized spacial score (nSPS) is 12.5. The van der Waals surface area contributed by atoms with Gasteiger partial charge in [-0.25, -0.2) is 5.26 Å². The Balaban J connectivity index is 2.83. The standard InChI is InChI=1S/C10H15NO4S/c1-7(11)5-8-3-4-9(13-2)10(6-8)16-15-14-12/h3-4,6-7,12H,5,11H2,1-2H3/t7-/m0/s1. The summed E-state index contributed by atoms with van der Waals surface area (Å²) in [7, 11) is 1.56. The summed E-state index contributed by atoms with van der Waals surface area (Å²) in [5.74, 6) is 0.649. The maximum atomic E-state index is 8.10. The molecule has 0 spiro atoms. The van der Waals surface area contributed by atoms with Crippen molar-refractivity contribution in [2.75, 3.05) is 7.11 Å². The monoisotopic (exact) mass is 245 g/mol. The van der Waals surface area contributed by atoms with E-state index in [1.54, 1.807) is 7.11 Å². The Hall–Kier alpha value is -0.790. The second-order valence-corrected chi connectivity index (χ2v) is 4.14. The molecule has 0 unspecified atom stereocenters. The van der Waals surface area contributed by atoms with Gasteiger partial charge in [0.1, 0.15) is 5.75 Å². The van der Waals surface area contributed by atoms with Gasteiger partial charge in [0, 0.05) is 6.04 Å². The molecule has 0 amide bonds. The predicted molar refractivity (Wildman–Crippen MR) is 61.0 cm³/mol. The summed E-state index contributed by atoms with van der Waals surface area (Å²) in [6.45, 7) is 1.93. The molecular weight excluding hydrogens is 230 g/mol. The highest BCUT2D eigenvalue weighted by atomic mass is 32.2. The molecule has 3 N–H and O–H groups in total. The van der Waals surface area contributed by atoms with Crippen LogP contribution in [0.2, 0.25) is 0 Å². The summed E-state index contributed by atoms with van der Waals surface area (Å²) < 4.78 is 9.52. The predicted octanol–water partition coefficient (Wildman–Crippen LogP) is 2.01. The van der Waals surface area contributed by atoms with Crippen molar-refractivity contribution in [2.24, 2.45) is 5.73 Å². The van der Waals surface area contributed by atoms with Crippen LogP contribution in [0.3, 0.4) is 0 Å². The van der Waals surface area contributed by atoms with Gasteiger partial charge in [-0.2, -0.15) is 0 Å². The summed E-state index contributed by atoms with van der Waals surface area (Å²) in [5, 5.41) is 11.7. The SMILES string of the molecule is COc1ccc(C[C@H](C)N)cc1SOOO. The van der Waals surface area contributed by atoms with Gasteiger partial charge >= 0.3 is 0 Å². The molecule has 0 heterocycles. The first-order valence-corrected chi connectivity index (χ1v) is 5.48. The smallest absolute Gasteiger partial charge is 0.134 e. The summed E-state index contributed by atoms with van der Waals surface area (Å²) >= 11 is 0.875. The highest BCUT2D eigenvalue weighted by molar-refractivity contribution is 7.94. The minimum atomic E-state index is 0.0845. The van der Waals surface area contributed by atoms with Crippen LogP contribution in [-0.4, -0.2) is 18.4 Å². The Labute approximate surface area is 98.6 Å². The fourth-order valence-corrected chi connectivity index (χ4v) is 1.87. The van der Waals surface area contributed by atoms with Gasteiger partial charge in [0.15, 0.2) is 0 Å². The molecule has 0 saturated carbocycles. The molecule has 16 heavy (non-hydrogen) atoms. The zero-order valence-corrected chi connectivity index (χ0v) is 9.99. The van der Waals surface area contributed by atoms with E-state index in [4.69, 9.17) is 15.7 Å². The minimum Gasteiger partial charge on any atom is -0.495 e. The first-order chi connectivity index (χ1) is 7.67. The van der Waals surface area contributed by atoms with Gasteiger partial charge in [0.05, 0.1) is 24.0 Å². The molecular formula is C10H15NO4S. The van der Waals surface area contributed by atoms with Crippen molar-refractivity contribution in [1.82, 2.24) is 0 Å². The minimum absolute atomic E-state index is 0.0845.